The molecule has 2 aromatic rings. The molecule has 0 atom stereocenters. The van der Waals surface area contributed by atoms with Crippen molar-refractivity contribution < 1.29 is 9.59 Å². The number of benzene rings is 2. The van der Waals surface area contributed by atoms with Crippen molar-refractivity contribution >= 4 is 34.9 Å². The van der Waals surface area contributed by atoms with Crippen LogP contribution in [0.2, 0.25) is 10.0 Å². The van der Waals surface area contributed by atoms with E-state index in [4.69, 9.17) is 23.2 Å². The second kappa shape index (κ2) is 8.70. The molecule has 0 N–H and O–H groups in total. The number of amides is 1. The minimum atomic E-state index is 0.00663. The van der Waals surface area contributed by atoms with Gasteiger partial charge in [-0.05, 0) is 37.0 Å². The molecule has 2 aromatic carbocycles. The van der Waals surface area contributed by atoms with Crippen LogP contribution in [0.1, 0.15) is 35.2 Å². The van der Waals surface area contributed by atoms with E-state index in [0.29, 0.717) is 36.0 Å². The third-order valence-electron chi connectivity index (χ3n) is 4.90. The Morgan fingerprint density at radius 2 is 1.69 bits per heavy atom. The van der Waals surface area contributed by atoms with Gasteiger partial charge in [0.1, 0.15) is 0 Å². The van der Waals surface area contributed by atoms with E-state index in [2.05, 4.69) is 0 Å². The van der Waals surface area contributed by atoms with Gasteiger partial charge in [-0.3, -0.25) is 9.59 Å². The number of Topliss-reactive ketones (excluding diaryl/α,β-unsaturated/α-hetero) is 1. The quantitative estimate of drug-likeness (QED) is 0.671. The van der Waals surface area contributed by atoms with Gasteiger partial charge in [-0.2, -0.15) is 0 Å². The zero-order chi connectivity index (χ0) is 18.5. The number of piperidine rings is 1. The predicted octanol–water partition coefficient (Wildman–Crippen LogP) is 5.05. The molecule has 0 bridgehead atoms. The van der Waals surface area contributed by atoms with Gasteiger partial charge in [0.25, 0.3) is 0 Å². The molecule has 1 fully saturated rings. The molecule has 1 aliphatic heterocycles. The molecule has 0 aliphatic carbocycles. The molecule has 1 amide bonds. The lowest BCUT2D eigenvalue weighted by molar-refractivity contribution is -0.132. The van der Waals surface area contributed by atoms with Crippen LogP contribution in [0.4, 0.5) is 0 Å². The van der Waals surface area contributed by atoms with Gasteiger partial charge in [0.15, 0.2) is 5.78 Å². The largest absolute Gasteiger partial charge is 0.343 e. The first-order valence-corrected chi connectivity index (χ1v) is 9.61. The van der Waals surface area contributed by atoms with Crippen LogP contribution in [0.15, 0.2) is 48.5 Å². The maximum atomic E-state index is 12.5. The molecule has 1 aliphatic rings. The highest BCUT2D eigenvalue weighted by molar-refractivity contribution is 6.35. The van der Waals surface area contributed by atoms with E-state index in [0.717, 1.165) is 24.0 Å². The number of nitrogens with zero attached hydrogens (tertiary/aromatic N) is 1. The summed E-state index contributed by atoms with van der Waals surface area (Å²) >= 11 is 12.1. The van der Waals surface area contributed by atoms with Crippen LogP contribution >= 0.6 is 23.2 Å². The standard InChI is InChI=1S/C21H21Cl2NO2/c22-18-8-6-15(19(23)14-18)7-9-20(25)24-12-10-17(11-13-24)21(26)16-4-2-1-3-5-16/h1-6,8,14,17H,7,9-13H2. The molecule has 0 spiro atoms. The molecule has 0 unspecified atom stereocenters. The Bertz CT molecular complexity index is 784. The molecule has 3 rings (SSSR count). The maximum absolute atomic E-state index is 12.5. The monoisotopic (exact) mass is 389 g/mol. The topological polar surface area (TPSA) is 37.4 Å². The van der Waals surface area contributed by atoms with Crippen molar-refractivity contribution in [3.63, 3.8) is 0 Å². The zero-order valence-corrected chi connectivity index (χ0v) is 16.0. The lowest BCUT2D eigenvalue weighted by atomic mass is 9.89. The number of hydrogen-bond donors (Lipinski definition) is 0. The highest BCUT2D eigenvalue weighted by atomic mass is 35.5. The summed E-state index contributed by atoms with van der Waals surface area (Å²) < 4.78 is 0. The summed E-state index contributed by atoms with van der Waals surface area (Å²) in [4.78, 5) is 26.9. The van der Waals surface area contributed by atoms with Gasteiger partial charge in [-0.25, -0.2) is 0 Å². The lowest BCUT2D eigenvalue weighted by Crippen LogP contribution is -2.40. The normalized spacial score (nSPS) is 15.1. The lowest BCUT2D eigenvalue weighted by Gasteiger charge is -2.31. The molecular weight excluding hydrogens is 369 g/mol. The molecule has 0 aromatic heterocycles. The van der Waals surface area contributed by atoms with E-state index in [1.165, 1.54) is 0 Å². The molecule has 0 saturated carbocycles. The van der Waals surface area contributed by atoms with Gasteiger partial charge >= 0.3 is 0 Å². The van der Waals surface area contributed by atoms with Crippen molar-refractivity contribution in [2.75, 3.05) is 13.1 Å². The van der Waals surface area contributed by atoms with Crippen molar-refractivity contribution in [1.82, 2.24) is 4.90 Å². The number of halogens is 2. The highest BCUT2D eigenvalue weighted by Gasteiger charge is 2.27. The number of likely N-dealkylation sites (tertiary alicyclic amines) is 1. The first kappa shape index (κ1) is 18.9. The van der Waals surface area contributed by atoms with Crippen LogP contribution in [0.3, 0.4) is 0 Å². The van der Waals surface area contributed by atoms with Crippen molar-refractivity contribution in [1.29, 1.82) is 0 Å². The van der Waals surface area contributed by atoms with E-state index >= 15 is 0 Å². The first-order chi connectivity index (χ1) is 12.5. The Balaban J connectivity index is 1.50. The van der Waals surface area contributed by atoms with E-state index in [-0.39, 0.29) is 17.6 Å². The Morgan fingerprint density at radius 1 is 1.00 bits per heavy atom. The van der Waals surface area contributed by atoms with Crippen LogP contribution in [0.5, 0.6) is 0 Å². The van der Waals surface area contributed by atoms with Crippen molar-refractivity contribution in [3.8, 4) is 0 Å². The van der Waals surface area contributed by atoms with Gasteiger partial charge in [0.05, 0.1) is 0 Å². The average Bonchev–Trinajstić information content (AvgIpc) is 2.67. The smallest absolute Gasteiger partial charge is 0.222 e. The van der Waals surface area contributed by atoms with Gasteiger partial charge in [0.2, 0.25) is 5.91 Å². The Kier molecular flexibility index (Phi) is 6.33. The van der Waals surface area contributed by atoms with Gasteiger partial charge in [-0.15, -0.1) is 0 Å². The molecular formula is C21H21Cl2NO2. The Hall–Kier alpha value is -1.84. The molecule has 5 heteroatoms. The Morgan fingerprint density at radius 3 is 2.35 bits per heavy atom. The summed E-state index contributed by atoms with van der Waals surface area (Å²) in [7, 11) is 0. The molecule has 3 nitrogen and oxygen atoms in total. The van der Waals surface area contributed by atoms with Crippen LogP contribution < -0.4 is 0 Å². The summed E-state index contributed by atoms with van der Waals surface area (Å²) in [6.45, 7) is 1.27. The van der Waals surface area contributed by atoms with Crippen molar-refractivity contribution in [3.05, 3.63) is 69.7 Å². The molecule has 26 heavy (non-hydrogen) atoms. The van der Waals surface area contributed by atoms with E-state index in [1.807, 2.05) is 41.3 Å². The number of rotatable bonds is 5. The molecule has 136 valence electrons. The summed E-state index contributed by atoms with van der Waals surface area (Å²) in [5, 5.41) is 1.19. The second-order valence-corrected chi connectivity index (χ2v) is 7.46. The first-order valence-electron chi connectivity index (χ1n) is 8.85. The van der Waals surface area contributed by atoms with Crippen molar-refractivity contribution in [2.24, 2.45) is 5.92 Å². The number of carbonyl (C=O) groups is 2. The average molecular weight is 390 g/mol. The zero-order valence-electron chi connectivity index (χ0n) is 14.5. The Labute approximate surface area is 163 Å². The third kappa shape index (κ3) is 4.66. The molecule has 0 radical (unpaired) electrons. The van der Waals surface area contributed by atoms with Gasteiger partial charge < -0.3 is 4.90 Å². The van der Waals surface area contributed by atoms with Crippen molar-refractivity contribution in [2.45, 2.75) is 25.7 Å². The fourth-order valence-corrected chi connectivity index (χ4v) is 3.86. The fourth-order valence-electron chi connectivity index (χ4n) is 3.35. The number of aryl methyl sites for hydroxylation is 1. The van der Waals surface area contributed by atoms with Crippen LogP contribution in [-0.4, -0.2) is 29.7 Å². The van der Waals surface area contributed by atoms with Gasteiger partial charge in [0, 0.05) is 41.0 Å². The van der Waals surface area contributed by atoms with E-state index in [9.17, 15) is 9.59 Å². The second-order valence-electron chi connectivity index (χ2n) is 6.62. The molecule has 1 saturated heterocycles. The molecule has 1 heterocycles. The summed E-state index contributed by atoms with van der Waals surface area (Å²) in [5.41, 5.74) is 1.69. The number of hydrogen-bond acceptors (Lipinski definition) is 2. The summed E-state index contributed by atoms with van der Waals surface area (Å²) in [5.74, 6) is 0.305. The van der Waals surface area contributed by atoms with E-state index < -0.39 is 0 Å². The van der Waals surface area contributed by atoms with Crippen LogP contribution in [0, 0.1) is 5.92 Å². The van der Waals surface area contributed by atoms with E-state index in [1.54, 1.807) is 12.1 Å². The number of carbonyl (C=O) groups excluding carboxylic acids is 2. The fraction of sp³-hybridized carbons (Fsp3) is 0.333. The summed E-state index contributed by atoms with van der Waals surface area (Å²) in [6, 6.07) is 14.7. The number of ketones is 1. The van der Waals surface area contributed by atoms with Crippen LogP contribution in [0.25, 0.3) is 0 Å². The maximum Gasteiger partial charge on any atom is 0.222 e. The van der Waals surface area contributed by atoms with Gasteiger partial charge in [-0.1, -0.05) is 59.6 Å². The minimum absolute atomic E-state index is 0.00663. The van der Waals surface area contributed by atoms with Crippen LogP contribution in [-0.2, 0) is 11.2 Å². The summed E-state index contributed by atoms with van der Waals surface area (Å²) in [6.07, 6.45) is 2.46. The minimum Gasteiger partial charge on any atom is -0.343 e. The third-order valence-corrected chi connectivity index (χ3v) is 5.49. The highest BCUT2D eigenvalue weighted by Crippen LogP contribution is 2.24. The SMILES string of the molecule is O=C(c1ccccc1)C1CCN(C(=O)CCc2ccc(Cl)cc2Cl)CC1. The predicted molar refractivity (Wildman–Crippen MR) is 105 cm³/mol.